The van der Waals surface area contributed by atoms with Crippen LogP contribution in [-0.2, 0) is 30.2 Å². The summed E-state index contributed by atoms with van der Waals surface area (Å²) < 4.78 is 26.6. The van der Waals surface area contributed by atoms with E-state index in [1.54, 1.807) is 6.92 Å². The summed E-state index contributed by atoms with van der Waals surface area (Å²) in [4.78, 5) is 50.1. The largest absolute Gasteiger partial charge is 0.513 e. The molecule has 1 aromatic carbocycles. The number of esters is 1. The maximum Gasteiger partial charge on any atom is 0.513 e. The summed E-state index contributed by atoms with van der Waals surface area (Å²) in [5.41, 5.74) is -2.44. The number of rotatable bonds is 13. The van der Waals surface area contributed by atoms with Crippen LogP contribution < -0.4 is 14.8 Å². The van der Waals surface area contributed by atoms with E-state index in [2.05, 4.69) is 5.32 Å². The lowest BCUT2D eigenvalue weighted by Gasteiger charge is -2.33. The van der Waals surface area contributed by atoms with Crippen LogP contribution in [0.25, 0.3) is 0 Å². The molecule has 1 aromatic rings. The Balaban J connectivity index is 3.44. The summed E-state index contributed by atoms with van der Waals surface area (Å²) in [6.07, 6.45) is -1.79. The lowest BCUT2D eigenvalue weighted by molar-refractivity contribution is -0.185. The minimum Gasteiger partial charge on any atom is -0.477 e. The zero-order chi connectivity index (χ0) is 31.6. The quantitative estimate of drug-likeness (QED) is 0.120. The molecule has 41 heavy (non-hydrogen) atoms. The molecular weight excluding hydrogens is 534 g/mol. The molecular formula is C30H47NO10. The second-order valence-corrected chi connectivity index (χ2v) is 13.0. The number of carbonyl (C=O) groups is 4. The third-order valence-corrected chi connectivity index (χ3v) is 5.39. The average molecular weight is 582 g/mol. The molecule has 11 heteroatoms. The SMILES string of the molecule is CCC(C)N[C@@](Cc1ccc(OC(=O)OCC(C)(C)C)c(OC(=O)OCC(C)(C)C)c1)(OC(=O)CC(C)C)C(=O)O. The number of nitrogens with one attached hydrogen (secondary N) is 1. The zero-order valence-corrected chi connectivity index (χ0v) is 26.0. The van der Waals surface area contributed by atoms with E-state index in [4.69, 9.17) is 23.7 Å². The van der Waals surface area contributed by atoms with Crippen molar-refractivity contribution >= 4 is 24.2 Å². The highest BCUT2D eigenvalue weighted by molar-refractivity contribution is 5.82. The van der Waals surface area contributed by atoms with Crippen molar-refractivity contribution in [1.82, 2.24) is 5.32 Å². The van der Waals surface area contributed by atoms with Crippen molar-refractivity contribution in [1.29, 1.82) is 0 Å². The minimum atomic E-state index is -2.11. The number of aliphatic carboxylic acids is 1. The Hall–Kier alpha value is -3.34. The van der Waals surface area contributed by atoms with Crippen LogP contribution >= 0.6 is 0 Å². The van der Waals surface area contributed by atoms with Gasteiger partial charge in [0.1, 0.15) is 0 Å². The Morgan fingerprint density at radius 3 is 1.80 bits per heavy atom. The van der Waals surface area contributed by atoms with E-state index >= 15 is 0 Å². The van der Waals surface area contributed by atoms with E-state index in [1.165, 1.54) is 18.2 Å². The highest BCUT2D eigenvalue weighted by atomic mass is 16.7. The van der Waals surface area contributed by atoms with E-state index in [0.29, 0.717) is 12.0 Å². The van der Waals surface area contributed by atoms with Crippen molar-refractivity contribution in [2.24, 2.45) is 16.7 Å². The Kier molecular flexibility index (Phi) is 13.1. The van der Waals surface area contributed by atoms with Gasteiger partial charge in [-0.1, -0.05) is 68.4 Å². The second-order valence-electron chi connectivity index (χ2n) is 13.0. The number of carbonyl (C=O) groups excluding carboxylic acids is 3. The molecule has 0 spiro atoms. The summed E-state index contributed by atoms with van der Waals surface area (Å²) in [5.74, 6) is -2.47. The van der Waals surface area contributed by atoms with Crippen LogP contribution in [0.5, 0.6) is 11.5 Å². The number of ether oxygens (including phenoxy) is 5. The summed E-state index contributed by atoms with van der Waals surface area (Å²) in [7, 11) is 0. The van der Waals surface area contributed by atoms with Crippen LogP contribution in [0.4, 0.5) is 9.59 Å². The number of carboxylic acids is 1. The fourth-order valence-electron chi connectivity index (χ4n) is 3.27. The lowest BCUT2D eigenvalue weighted by Crippen LogP contribution is -2.59. The van der Waals surface area contributed by atoms with Gasteiger partial charge in [-0.05, 0) is 47.8 Å². The van der Waals surface area contributed by atoms with Crippen molar-refractivity contribution in [2.45, 2.75) is 100 Å². The third kappa shape index (κ3) is 13.7. The molecule has 1 rings (SSSR count). The Labute approximate surface area is 243 Å². The first kappa shape index (κ1) is 35.7. The minimum absolute atomic E-state index is 0.0225. The van der Waals surface area contributed by atoms with Crippen LogP contribution in [0, 0.1) is 16.7 Å². The van der Waals surface area contributed by atoms with Gasteiger partial charge < -0.3 is 28.8 Å². The monoisotopic (exact) mass is 581 g/mol. The molecule has 0 aliphatic heterocycles. The molecule has 232 valence electrons. The van der Waals surface area contributed by atoms with Crippen LogP contribution in [0.1, 0.15) is 87.6 Å². The summed E-state index contributed by atoms with van der Waals surface area (Å²) in [6, 6.07) is 3.83. The van der Waals surface area contributed by atoms with Crippen LogP contribution in [0.3, 0.4) is 0 Å². The van der Waals surface area contributed by atoms with Crippen molar-refractivity contribution in [3.05, 3.63) is 23.8 Å². The summed E-state index contributed by atoms with van der Waals surface area (Å²) >= 11 is 0. The molecule has 0 heterocycles. The molecule has 0 amide bonds. The van der Waals surface area contributed by atoms with Crippen LogP contribution in [0.2, 0.25) is 0 Å². The smallest absolute Gasteiger partial charge is 0.477 e. The summed E-state index contributed by atoms with van der Waals surface area (Å²) in [6.45, 7) is 18.7. The van der Waals surface area contributed by atoms with E-state index in [-0.39, 0.29) is 60.3 Å². The topological polar surface area (TPSA) is 147 Å². The van der Waals surface area contributed by atoms with E-state index in [0.717, 1.165) is 0 Å². The molecule has 11 nitrogen and oxygen atoms in total. The van der Waals surface area contributed by atoms with Gasteiger partial charge in [0.15, 0.2) is 11.5 Å². The predicted octanol–water partition coefficient (Wildman–Crippen LogP) is 6.11. The summed E-state index contributed by atoms with van der Waals surface area (Å²) in [5, 5.41) is 13.2. The van der Waals surface area contributed by atoms with Gasteiger partial charge in [0.2, 0.25) is 0 Å². The maximum atomic E-state index is 12.6. The molecule has 0 aromatic heterocycles. The Bertz CT molecular complexity index is 1050. The molecule has 0 saturated carbocycles. The standard InChI is InChI=1S/C30H47NO10/c1-11-20(4)31-30(25(33)34,41-24(32)14-19(2)3)16-21-12-13-22(39-26(35)37-17-28(5,6)7)23(15-21)40-27(36)38-18-29(8,9)10/h12-13,15,19-20,31H,11,14,16-18H2,1-10H3,(H,33,34)/t20?,30-/m0/s1. The number of benzene rings is 1. The molecule has 0 radical (unpaired) electrons. The first-order valence-corrected chi connectivity index (χ1v) is 13.8. The van der Waals surface area contributed by atoms with Crippen molar-refractivity contribution < 1.29 is 48.0 Å². The average Bonchev–Trinajstić information content (AvgIpc) is 2.81. The molecule has 0 fully saturated rings. The van der Waals surface area contributed by atoms with Gasteiger partial charge in [-0.2, -0.15) is 0 Å². The number of carboxylic acid groups (broad SMARTS) is 1. The molecule has 0 bridgehead atoms. The first-order valence-electron chi connectivity index (χ1n) is 13.8. The molecule has 0 aliphatic rings. The molecule has 1 unspecified atom stereocenters. The van der Waals surface area contributed by atoms with Gasteiger partial charge >= 0.3 is 24.2 Å². The van der Waals surface area contributed by atoms with Crippen molar-refractivity contribution in [3.8, 4) is 11.5 Å². The maximum absolute atomic E-state index is 12.6. The highest BCUT2D eigenvalue weighted by Gasteiger charge is 2.44. The van der Waals surface area contributed by atoms with Gasteiger partial charge in [0.05, 0.1) is 13.2 Å². The van der Waals surface area contributed by atoms with E-state index in [1.807, 2.05) is 62.3 Å². The molecule has 0 saturated heterocycles. The Morgan fingerprint density at radius 1 is 0.854 bits per heavy atom. The van der Waals surface area contributed by atoms with Gasteiger partial charge in [0, 0.05) is 18.9 Å². The van der Waals surface area contributed by atoms with Crippen LogP contribution in [0.15, 0.2) is 18.2 Å². The van der Waals surface area contributed by atoms with Gasteiger partial charge in [-0.15, -0.1) is 0 Å². The van der Waals surface area contributed by atoms with Gasteiger partial charge in [-0.25, -0.2) is 14.4 Å². The predicted molar refractivity (Wildman–Crippen MR) is 152 cm³/mol. The number of hydrogen-bond acceptors (Lipinski definition) is 10. The lowest BCUT2D eigenvalue weighted by atomic mass is 9.99. The first-order chi connectivity index (χ1) is 18.7. The van der Waals surface area contributed by atoms with Crippen molar-refractivity contribution in [2.75, 3.05) is 13.2 Å². The molecule has 0 aliphatic carbocycles. The van der Waals surface area contributed by atoms with E-state index in [9.17, 15) is 24.3 Å². The van der Waals surface area contributed by atoms with Gasteiger partial charge in [-0.3, -0.25) is 10.1 Å². The number of hydrogen-bond donors (Lipinski definition) is 2. The van der Waals surface area contributed by atoms with E-state index < -0.39 is 30.0 Å². The molecule has 2 N–H and O–H groups in total. The fraction of sp³-hybridized carbons (Fsp3) is 0.667. The van der Waals surface area contributed by atoms with Crippen LogP contribution in [-0.4, -0.2) is 54.3 Å². The Morgan fingerprint density at radius 2 is 1.37 bits per heavy atom. The molecule has 2 atom stereocenters. The second kappa shape index (κ2) is 15.0. The highest BCUT2D eigenvalue weighted by Crippen LogP contribution is 2.32. The normalized spacial score (nSPS) is 14.0. The fourth-order valence-corrected chi connectivity index (χ4v) is 3.27. The zero-order valence-electron chi connectivity index (χ0n) is 26.0. The van der Waals surface area contributed by atoms with Crippen molar-refractivity contribution in [3.63, 3.8) is 0 Å². The third-order valence-electron chi connectivity index (χ3n) is 5.39. The van der Waals surface area contributed by atoms with Gasteiger partial charge in [0.25, 0.3) is 5.72 Å².